The van der Waals surface area contributed by atoms with Gasteiger partial charge in [-0.1, -0.05) is 24.3 Å². The molecule has 1 aromatic carbocycles. The predicted molar refractivity (Wildman–Crippen MR) is 95.4 cm³/mol. The summed E-state index contributed by atoms with van der Waals surface area (Å²) in [6.45, 7) is 5.00. The molecule has 0 spiro atoms. The molecule has 1 aliphatic carbocycles. The van der Waals surface area contributed by atoms with Gasteiger partial charge in [-0.2, -0.15) is 4.98 Å². The molecule has 2 bridgehead atoms. The van der Waals surface area contributed by atoms with Crippen LogP contribution >= 0.6 is 0 Å². The number of fused-ring (bicyclic) bond motifs is 2. The van der Waals surface area contributed by atoms with Crippen molar-refractivity contribution < 1.29 is 5.11 Å². The van der Waals surface area contributed by atoms with Gasteiger partial charge in [-0.25, -0.2) is 4.98 Å². The number of hydrogen-bond acceptors (Lipinski definition) is 5. The molecule has 1 fully saturated rings. The van der Waals surface area contributed by atoms with Crippen molar-refractivity contribution in [3.63, 3.8) is 0 Å². The van der Waals surface area contributed by atoms with E-state index >= 15 is 0 Å². The van der Waals surface area contributed by atoms with Gasteiger partial charge in [0, 0.05) is 30.3 Å². The first kappa shape index (κ1) is 15.4. The Kier molecular flexibility index (Phi) is 3.88. The molecule has 0 radical (unpaired) electrons. The highest BCUT2D eigenvalue weighted by atomic mass is 16.3. The molecule has 3 atom stereocenters. The number of nitrogens with one attached hydrogen (secondary N) is 1. The Labute approximate surface area is 142 Å². The highest BCUT2D eigenvalue weighted by Crippen LogP contribution is 2.47. The van der Waals surface area contributed by atoms with E-state index in [4.69, 9.17) is 4.98 Å². The molecule has 24 heavy (non-hydrogen) atoms. The second-order valence-electron chi connectivity index (χ2n) is 6.99. The molecule has 126 valence electrons. The molecule has 0 unspecified atom stereocenters. The van der Waals surface area contributed by atoms with E-state index in [1.165, 1.54) is 24.0 Å². The summed E-state index contributed by atoms with van der Waals surface area (Å²) < 4.78 is 0. The fourth-order valence-electron chi connectivity index (χ4n) is 4.02. The minimum Gasteiger partial charge on any atom is -0.394 e. The minimum atomic E-state index is -0.0572. The third-order valence-corrected chi connectivity index (χ3v) is 5.16. The third kappa shape index (κ3) is 2.63. The monoisotopic (exact) mass is 324 g/mol. The molecule has 5 nitrogen and oxygen atoms in total. The lowest BCUT2D eigenvalue weighted by Gasteiger charge is -2.47. The average molecular weight is 324 g/mol. The van der Waals surface area contributed by atoms with E-state index in [1.807, 2.05) is 13.8 Å². The molecule has 2 aliphatic heterocycles. The second-order valence-corrected chi connectivity index (χ2v) is 6.99. The van der Waals surface area contributed by atoms with Gasteiger partial charge in [0.25, 0.3) is 0 Å². The van der Waals surface area contributed by atoms with Gasteiger partial charge in [-0.15, -0.1) is 0 Å². The Bertz CT molecular complexity index is 748. The summed E-state index contributed by atoms with van der Waals surface area (Å²) in [5.74, 6) is 2.18. The lowest BCUT2D eigenvalue weighted by molar-refractivity contribution is 0.281. The maximum atomic E-state index is 9.25. The van der Waals surface area contributed by atoms with Gasteiger partial charge in [0.05, 0.1) is 12.6 Å². The zero-order valence-electron chi connectivity index (χ0n) is 14.2. The van der Waals surface area contributed by atoms with E-state index in [2.05, 4.69) is 45.5 Å². The second kappa shape index (κ2) is 6.06. The van der Waals surface area contributed by atoms with E-state index in [0.717, 1.165) is 18.1 Å². The molecule has 1 saturated heterocycles. The van der Waals surface area contributed by atoms with Crippen molar-refractivity contribution in [3.05, 3.63) is 47.2 Å². The summed E-state index contributed by atoms with van der Waals surface area (Å²) >= 11 is 0. The normalized spacial score (nSPS) is 23.0. The van der Waals surface area contributed by atoms with Gasteiger partial charge in [0.15, 0.2) is 0 Å². The van der Waals surface area contributed by atoms with Gasteiger partial charge in [-0.05, 0) is 37.8 Å². The number of anilines is 2. The number of rotatable bonds is 4. The van der Waals surface area contributed by atoms with Crippen LogP contribution < -0.4 is 10.2 Å². The lowest BCUT2D eigenvalue weighted by atomic mass is 9.75. The Morgan fingerprint density at radius 3 is 2.83 bits per heavy atom. The molecule has 2 aromatic rings. The summed E-state index contributed by atoms with van der Waals surface area (Å²) in [4.78, 5) is 11.6. The van der Waals surface area contributed by atoms with Crippen LogP contribution in [0.25, 0.3) is 0 Å². The van der Waals surface area contributed by atoms with E-state index < -0.39 is 0 Å². The summed E-state index contributed by atoms with van der Waals surface area (Å²) in [5.41, 5.74) is 3.92. The average Bonchev–Trinajstić information content (AvgIpc) is 2.61. The number of aryl methyl sites for hydroxylation is 1. The number of aromatic nitrogens is 2. The number of aliphatic hydroxyl groups excluding tert-OH is 1. The Balaban J connectivity index is 1.68. The maximum absolute atomic E-state index is 9.25. The first-order valence-corrected chi connectivity index (χ1v) is 8.74. The van der Waals surface area contributed by atoms with E-state index in [0.29, 0.717) is 17.9 Å². The van der Waals surface area contributed by atoms with Crippen molar-refractivity contribution in [2.45, 2.75) is 44.7 Å². The SMILES string of the molecule is Cc1cc(N2C[C@H]3CC[C@H]2c2ccccc23)nc(N[C@H](C)CO)n1. The summed E-state index contributed by atoms with van der Waals surface area (Å²) in [5, 5.41) is 12.4. The summed E-state index contributed by atoms with van der Waals surface area (Å²) in [6.07, 6.45) is 2.44. The predicted octanol–water partition coefficient (Wildman–Crippen LogP) is 3.02. The topological polar surface area (TPSA) is 61.3 Å². The van der Waals surface area contributed by atoms with Crippen LogP contribution in [0.2, 0.25) is 0 Å². The maximum Gasteiger partial charge on any atom is 0.225 e. The molecule has 1 aromatic heterocycles. The van der Waals surface area contributed by atoms with Crippen LogP contribution in [0.3, 0.4) is 0 Å². The van der Waals surface area contributed by atoms with Gasteiger partial charge < -0.3 is 15.3 Å². The first-order valence-electron chi connectivity index (χ1n) is 8.74. The minimum absolute atomic E-state index is 0.0572. The molecule has 0 amide bonds. The van der Waals surface area contributed by atoms with Crippen LogP contribution in [0.4, 0.5) is 11.8 Å². The molecule has 5 rings (SSSR count). The van der Waals surface area contributed by atoms with Crippen molar-refractivity contribution in [2.24, 2.45) is 0 Å². The molecule has 3 aliphatic rings. The first-order chi connectivity index (χ1) is 11.7. The number of benzene rings is 1. The zero-order valence-corrected chi connectivity index (χ0v) is 14.2. The fourth-order valence-corrected chi connectivity index (χ4v) is 4.02. The van der Waals surface area contributed by atoms with Crippen molar-refractivity contribution in [2.75, 3.05) is 23.4 Å². The highest BCUT2D eigenvalue weighted by molar-refractivity contribution is 5.53. The van der Waals surface area contributed by atoms with Crippen molar-refractivity contribution in [1.29, 1.82) is 0 Å². The molecular weight excluding hydrogens is 300 g/mol. The molecule has 2 N–H and O–H groups in total. The van der Waals surface area contributed by atoms with Gasteiger partial charge in [0.1, 0.15) is 5.82 Å². The lowest BCUT2D eigenvalue weighted by Crippen LogP contribution is -2.43. The summed E-state index contributed by atoms with van der Waals surface area (Å²) in [7, 11) is 0. The van der Waals surface area contributed by atoms with E-state index in [1.54, 1.807) is 0 Å². The van der Waals surface area contributed by atoms with Gasteiger partial charge in [-0.3, -0.25) is 0 Å². The molecule has 5 heteroatoms. The number of aliphatic hydroxyl groups is 1. The van der Waals surface area contributed by atoms with Crippen LogP contribution in [0.1, 0.15) is 48.5 Å². The Morgan fingerprint density at radius 2 is 2.04 bits per heavy atom. The van der Waals surface area contributed by atoms with Crippen LogP contribution in [0.15, 0.2) is 30.3 Å². The molecule has 0 saturated carbocycles. The van der Waals surface area contributed by atoms with Crippen LogP contribution in [0.5, 0.6) is 0 Å². The molecule has 3 heterocycles. The van der Waals surface area contributed by atoms with Crippen LogP contribution in [-0.2, 0) is 0 Å². The molecular formula is C19H24N4O. The Morgan fingerprint density at radius 1 is 1.25 bits per heavy atom. The van der Waals surface area contributed by atoms with Crippen molar-refractivity contribution in [3.8, 4) is 0 Å². The smallest absolute Gasteiger partial charge is 0.225 e. The highest BCUT2D eigenvalue weighted by Gasteiger charge is 2.38. The van der Waals surface area contributed by atoms with Crippen LogP contribution in [0, 0.1) is 6.92 Å². The quantitative estimate of drug-likeness (QED) is 0.905. The van der Waals surface area contributed by atoms with Crippen molar-refractivity contribution in [1.82, 2.24) is 9.97 Å². The fraction of sp³-hybridized carbons (Fsp3) is 0.474. The van der Waals surface area contributed by atoms with E-state index in [-0.39, 0.29) is 12.6 Å². The number of hydrogen-bond donors (Lipinski definition) is 2. The summed E-state index contributed by atoms with van der Waals surface area (Å²) in [6, 6.07) is 11.2. The number of piperidine rings is 1. The van der Waals surface area contributed by atoms with Crippen molar-refractivity contribution >= 4 is 11.8 Å². The zero-order chi connectivity index (χ0) is 16.7. The van der Waals surface area contributed by atoms with Crippen LogP contribution in [-0.4, -0.2) is 34.3 Å². The number of nitrogens with zero attached hydrogens (tertiary/aromatic N) is 3. The third-order valence-electron chi connectivity index (χ3n) is 5.16. The largest absolute Gasteiger partial charge is 0.394 e. The van der Waals surface area contributed by atoms with E-state index in [9.17, 15) is 5.11 Å². The van der Waals surface area contributed by atoms with Gasteiger partial charge >= 0.3 is 0 Å². The Hall–Kier alpha value is -2.14. The standard InChI is InChI=1S/C19H24N4O/c1-12-9-18(22-19(20-12)21-13(2)11-24)23-10-14-7-8-17(23)16-6-4-3-5-15(14)16/h3-6,9,13-14,17,24H,7-8,10-11H2,1-2H3,(H,20,21,22)/t13-,14-,17+/m1/s1. The van der Waals surface area contributed by atoms with Gasteiger partial charge in [0.2, 0.25) is 5.95 Å².